The van der Waals surface area contributed by atoms with Crippen molar-refractivity contribution < 1.29 is 39.5 Å². The number of amides is 2. The molecule has 1 fully saturated rings. The molecule has 2 unspecified atom stereocenters. The summed E-state index contributed by atoms with van der Waals surface area (Å²) >= 11 is 0. The van der Waals surface area contributed by atoms with Crippen LogP contribution in [0.5, 0.6) is 0 Å². The van der Waals surface area contributed by atoms with Crippen molar-refractivity contribution in [3.05, 3.63) is 12.2 Å². The number of carbonyl (C=O) groups excluding carboxylic acids is 2. The van der Waals surface area contributed by atoms with Crippen LogP contribution in [0, 0.1) is 5.41 Å². The highest BCUT2D eigenvalue weighted by Gasteiger charge is 2.40. The molecule has 1 rings (SSSR count). The molecule has 1 heterocycles. The molecule has 0 bridgehead atoms. The Kier molecular flexibility index (Phi) is 7.90. The van der Waals surface area contributed by atoms with E-state index in [0.29, 0.717) is 0 Å². The largest absolute Gasteiger partial charge is 0.480 e. The van der Waals surface area contributed by atoms with E-state index in [4.69, 9.17) is 9.84 Å². The fourth-order valence-corrected chi connectivity index (χ4v) is 2.50. The first-order chi connectivity index (χ1) is 12.4. The van der Waals surface area contributed by atoms with Gasteiger partial charge in [-0.25, -0.2) is 4.79 Å². The number of carboxylic acid groups (broad SMARTS) is 1. The van der Waals surface area contributed by atoms with Gasteiger partial charge in [0, 0.05) is 13.5 Å². The summed E-state index contributed by atoms with van der Waals surface area (Å²) in [7, 11) is 1.12. The number of allylic oxidation sites excluding steroid dienone is 1. The number of ether oxygens (including phenoxy) is 1. The molecule has 6 atom stereocenters. The normalized spacial score (nSPS) is 24.9. The zero-order chi connectivity index (χ0) is 20.9. The van der Waals surface area contributed by atoms with Crippen LogP contribution in [0.4, 0.5) is 0 Å². The van der Waals surface area contributed by atoms with Crippen molar-refractivity contribution in [3.8, 4) is 0 Å². The summed E-state index contributed by atoms with van der Waals surface area (Å²) in [5.74, 6) is -2.82. The van der Waals surface area contributed by atoms with E-state index in [9.17, 15) is 29.7 Å². The molecule has 0 aliphatic carbocycles. The van der Waals surface area contributed by atoms with Gasteiger partial charge >= 0.3 is 5.97 Å². The number of hydrogen-bond acceptors (Lipinski definition) is 7. The first kappa shape index (κ1) is 23.0. The summed E-state index contributed by atoms with van der Waals surface area (Å²) < 4.78 is 4.91. The van der Waals surface area contributed by atoms with Gasteiger partial charge in [-0.05, 0) is 5.41 Å². The lowest BCUT2D eigenvalue weighted by atomic mass is 9.94. The molecule has 1 saturated heterocycles. The second-order valence-corrected chi connectivity index (χ2v) is 7.55. The average Bonchev–Trinajstić information content (AvgIpc) is 2.92. The van der Waals surface area contributed by atoms with Gasteiger partial charge in [0.2, 0.25) is 5.91 Å². The lowest BCUT2D eigenvalue weighted by Gasteiger charge is -2.27. The van der Waals surface area contributed by atoms with Crippen molar-refractivity contribution >= 4 is 17.8 Å². The zero-order valence-corrected chi connectivity index (χ0v) is 15.7. The van der Waals surface area contributed by atoms with Crippen molar-refractivity contribution in [1.82, 2.24) is 10.6 Å². The summed E-state index contributed by atoms with van der Waals surface area (Å²) in [6, 6.07) is -2.23. The molecule has 0 radical (unpaired) electrons. The maximum Gasteiger partial charge on any atom is 0.326 e. The number of aliphatic hydroxyl groups excluding tert-OH is 3. The second-order valence-electron chi connectivity index (χ2n) is 7.55. The molecular weight excluding hydrogens is 360 g/mol. The van der Waals surface area contributed by atoms with Crippen LogP contribution < -0.4 is 10.6 Å². The van der Waals surface area contributed by atoms with Gasteiger partial charge in [0.05, 0.1) is 0 Å². The Morgan fingerprint density at radius 1 is 1.26 bits per heavy atom. The first-order valence-corrected chi connectivity index (χ1v) is 8.47. The molecule has 10 nitrogen and oxygen atoms in total. The van der Waals surface area contributed by atoms with Crippen LogP contribution in [-0.4, -0.2) is 81.8 Å². The Morgan fingerprint density at radius 3 is 2.30 bits per heavy atom. The number of nitrogens with one attached hydrogen (secondary N) is 2. The van der Waals surface area contributed by atoms with Crippen LogP contribution in [0.15, 0.2) is 12.2 Å². The Morgan fingerprint density at radius 2 is 1.85 bits per heavy atom. The number of carbonyl (C=O) groups is 3. The highest BCUT2D eigenvalue weighted by Crippen LogP contribution is 2.17. The third-order valence-corrected chi connectivity index (χ3v) is 4.03. The van der Waals surface area contributed by atoms with Gasteiger partial charge in [-0.3, -0.25) is 9.59 Å². The van der Waals surface area contributed by atoms with Crippen LogP contribution in [0.3, 0.4) is 0 Å². The highest BCUT2D eigenvalue weighted by atomic mass is 16.5. The van der Waals surface area contributed by atoms with Gasteiger partial charge in [0.15, 0.2) is 6.10 Å². The van der Waals surface area contributed by atoms with Gasteiger partial charge in [-0.2, -0.15) is 0 Å². The van der Waals surface area contributed by atoms with E-state index < -0.39 is 54.3 Å². The average molecular weight is 388 g/mol. The van der Waals surface area contributed by atoms with Crippen LogP contribution in [0.1, 0.15) is 27.2 Å². The van der Waals surface area contributed by atoms with E-state index in [1.54, 1.807) is 6.08 Å². The molecule has 0 saturated carbocycles. The standard InChI is InChI=1S/C17H28N2O8/c1-17(2,3)6-5-10(20)11(21)12(22)13(27-4)15(24)18-8-7-9(16(25)26)19-14(8)23/h5-6,8-13,20-22H,7H2,1-4H3,(H,18,24)(H,19,23)(H,25,26)/b6-5+/t8?,9?,10-,11+,12-,13-/m1/s1. The van der Waals surface area contributed by atoms with Crippen molar-refractivity contribution in [1.29, 1.82) is 0 Å². The van der Waals surface area contributed by atoms with Gasteiger partial charge in [-0.15, -0.1) is 0 Å². The van der Waals surface area contributed by atoms with Gasteiger partial charge in [0.1, 0.15) is 30.4 Å². The Hall–Kier alpha value is -2.01. The molecule has 1 aliphatic heterocycles. The Balaban J connectivity index is 2.75. The van der Waals surface area contributed by atoms with E-state index >= 15 is 0 Å². The molecule has 0 aromatic rings. The van der Waals surface area contributed by atoms with Crippen LogP contribution in [0.25, 0.3) is 0 Å². The van der Waals surface area contributed by atoms with E-state index in [1.165, 1.54) is 6.08 Å². The summed E-state index contributed by atoms with van der Waals surface area (Å²) in [6.07, 6.45) is -3.74. The topological polar surface area (TPSA) is 165 Å². The second kappa shape index (κ2) is 9.27. The molecule has 2 amide bonds. The molecule has 0 spiro atoms. The molecule has 154 valence electrons. The number of aliphatic hydroxyl groups is 3. The third kappa shape index (κ3) is 6.58. The summed E-state index contributed by atoms with van der Waals surface area (Å²) in [6.45, 7) is 5.63. The third-order valence-electron chi connectivity index (χ3n) is 4.03. The van der Waals surface area contributed by atoms with E-state index in [2.05, 4.69) is 10.6 Å². The number of methoxy groups -OCH3 is 1. The number of aliphatic carboxylic acids is 1. The summed E-state index contributed by atoms with van der Waals surface area (Å²) in [5.41, 5.74) is -0.264. The lowest BCUT2D eigenvalue weighted by Crippen LogP contribution is -2.54. The van der Waals surface area contributed by atoms with Crippen molar-refractivity contribution in [3.63, 3.8) is 0 Å². The number of carboxylic acids is 1. The van der Waals surface area contributed by atoms with Crippen molar-refractivity contribution in [2.75, 3.05) is 7.11 Å². The molecule has 1 aliphatic rings. The van der Waals surface area contributed by atoms with E-state index in [-0.39, 0.29) is 11.8 Å². The van der Waals surface area contributed by atoms with Crippen molar-refractivity contribution in [2.45, 2.75) is 63.7 Å². The zero-order valence-electron chi connectivity index (χ0n) is 15.7. The monoisotopic (exact) mass is 388 g/mol. The van der Waals surface area contributed by atoms with Gasteiger partial charge in [0.25, 0.3) is 5.91 Å². The summed E-state index contributed by atoms with van der Waals surface area (Å²) in [4.78, 5) is 35.0. The predicted octanol–water partition coefficient (Wildman–Crippen LogP) is -1.86. The Labute approximate surface area is 157 Å². The van der Waals surface area contributed by atoms with Crippen LogP contribution in [-0.2, 0) is 19.1 Å². The highest BCUT2D eigenvalue weighted by molar-refractivity contribution is 5.94. The molecule has 10 heteroatoms. The lowest BCUT2D eigenvalue weighted by molar-refractivity contribution is -0.150. The predicted molar refractivity (Wildman–Crippen MR) is 93.5 cm³/mol. The van der Waals surface area contributed by atoms with E-state index in [0.717, 1.165) is 7.11 Å². The minimum Gasteiger partial charge on any atom is -0.480 e. The number of rotatable bonds is 8. The summed E-state index contributed by atoms with van der Waals surface area (Å²) in [5, 5.41) is 43.7. The van der Waals surface area contributed by atoms with Crippen LogP contribution in [0.2, 0.25) is 0 Å². The molecule has 6 N–H and O–H groups in total. The molecule has 27 heavy (non-hydrogen) atoms. The molecule has 0 aromatic heterocycles. The first-order valence-electron chi connectivity index (χ1n) is 8.47. The smallest absolute Gasteiger partial charge is 0.326 e. The maximum atomic E-state index is 12.3. The van der Waals surface area contributed by atoms with Gasteiger partial charge < -0.3 is 35.8 Å². The van der Waals surface area contributed by atoms with Gasteiger partial charge in [-0.1, -0.05) is 32.9 Å². The van der Waals surface area contributed by atoms with Crippen molar-refractivity contribution in [2.24, 2.45) is 5.41 Å². The molecule has 0 aromatic carbocycles. The fourth-order valence-electron chi connectivity index (χ4n) is 2.50. The quantitative estimate of drug-likeness (QED) is 0.264. The fraction of sp³-hybridized carbons (Fsp3) is 0.706. The maximum absolute atomic E-state index is 12.3. The minimum atomic E-state index is -1.78. The minimum absolute atomic E-state index is 0.161. The van der Waals surface area contributed by atoms with Crippen LogP contribution >= 0.6 is 0 Å². The molecular formula is C17H28N2O8. The SMILES string of the molecule is CO[C@@H](C(=O)NC1CC(C(=O)O)NC1=O)[C@H](O)[C@@H](O)[C@H](O)/C=C/C(C)(C)C. The number of hydrogen-bond donors (Lipinski definition) is 6. The van der Waals surface area contributed by atoms with E-state index in [1.807, 2.05) is 20.8 Å². The Bertz CT molecular complexity index is 586.